The Balaban J connectivity index is 0.959. The number of rotatable bonds is 8. The number of nitrogens with zero attached hydrogens (tertiary/aromatic N) is 1. The lowest BCUT2D eigenvalue weighted by Crippen LogP contribution is -2.74. The van der Waals surface area contributed by atoms with Crippen molar-refractivity contribution >= 4 is 45.9 Å². The van der Waals surface area contributed by atoms with Crippen molar-refractivity contribution in [1.29, 1.82) is 0 Å². The van der Waals surface area contributed by atoms with Gasteiger partial charge in [0.15, 0.2) is 8.07 Å². The molecule has 1 spiro atoms. The Kier molecular flexibility index (Phi) is 8.46. The molecule has 2 unspecified atom stereocenters. The molecule has 3 saturated carbocycles. The lowest BCUT2D eigenvalue weighted by atomic mass is 9.51. The molecule has 0 saturated heterocycles. The highest BCUT2D eigenvalue weighted by Crippen LogP contribution is 2.71. The van der Waals surface area contributed by atoms with Gasteiger partial charge >= 0.3 is 0 Å². The van der Waals surface area contributed by atoms with Crippen molar-refractivity contribution in [2.45, 2.75) is 37.5 Å². The fourth-order valence-electron chi connectivity index (χ4n) is 13.1. The van der Waals surface area contributed by atoms with Crippen LogP contribution in [0.25, 0.3) is 22.3 Å². The largest absolute Gasteiger partial charge is 0.310 e. The van der Waals surface area contributed by atoms with E-state index in [1.807, 2.05) is 0 Å². The van der Waals surface area contributed by atoms with E-state index in [2.05, 4.69) is 217 Å². The average molecular weight is 788 g/mol. The van der Waals surface area contributed by atoms with Crippen molar-refractivity contribution in [3.05, 3.63) is 223 Å². The van der Waals surface area contributed by atoms with Crippen molar-refractivity contribution in [1.82, 2.24) is 0 Å². The first-order chi connectivity index (χ1) is 29.7. The lowest BCUT2D eigenvalue weighted by molar-refractivity contribution is 0.0768. The topological polar surface area (TPSA) is 3.24 Å². The minimum Gasteiger partial charge on any atom is -0.310 e. The summed E-state index contributed by atoms with van der Waals surface area (Å²) in [6, 6.07) is 80.3. The molecule has 5 atom stereocenters. The molecular formula is C58H49NSi. The quantitative estimate of drug-likeness (QED) is 0.110. The SMILES string of the molecule is c1ccc(N(c2ccc(-c3ccc([Si](c4ccccc4)(c4ccccc4)c4ccccc4)cc3)cc2)c2cccc3c2-c2ccccc2C32[C@H]3CCC4C[C@@H](C3)C[C@H]42)cc1. The molecule has 3 bridgehead atoms. The molecular weight excluding hydrogens is 739 g/mol. The van der Waals surface area contributed by atoms with E-state index in [0.717, 1.165) is 23.7 Å². The highest BCUT2D eigenvalue weighted by atomic mass is 28.3. The molecule has 2 heteroatoms. The van der Waals surface area contributed by atoms with Crippen LogP contribution in [0.1, 0.15) is 43.2 Å². The average Bonchev–Trinajstić information content (AvgIpc) is 3.74. The number of hydrogen-bond acceptors (Lipinski definition) is 1. The number of para-hydroxylation sites is 1. The maximum Gasteiger partial charge on any atom is 0.179 e. The van der Waals surface area contributed by atoms with Crippen LogP contribution >= 0.6 is 0 Å². The predicted octanol–water partition coefficient (Wildman–Crippen LogP) is 11.9. The first-order valence-corrected chi connectivity index (χ1v) is 24.2. The third-order valence-electron chi connectivity index (χ3n) is 15.3. The smallest absolute Gasteiger partial charge is 0.179 e. The highest BCUT2D eigenvalue weighted by Gasteiger charge is 2.63. The number of benzene rings is 8. The Morgan fingerprint density at radius 2 is 0.933 bits per heavy atom. The molecule has 4 aliphatic carbocycles. The van der Waals surface area contributed by atoms with E-state index in [4.69, 9.17) is 0 Å². The summed E-state index contributed by atoms with van der Waals surface area (Å²) in [6.07, 6.45) is 7.03. The van der Waals surface area contributed by atoms with Gasteiger partial charge in [0.05, 0.1) is 5.69 Å². The fourth-order valence-corrected chi connectivity index (χ4v) is 17.9. The molecule has 0 N–H and O–H groups in total. The summed E-state index contributed by atoms with van der Waals surface area (Å²) < 4.78 is 0. The van der Waals surface area contributed by atoms with Gasteiger partial charge in [0.1, 0.15) is 0 Å². The summed E-state index contributed by atoms with van der Waals surface area (Å²) in [5, 5.41) is 5.57. The molecule has 0 aromatic heterocycles. The summed E-state index contributed by atoms with van der Waals surface area (Å²) in [4.78, 5) is 2.53. The van der Waals surface area contributed by atoms with Gasteiger partial charge in [-0.05, 0) is 135 Å². The molecule has 0 heterocycles. The Morgan fingerprint density at radius 3 is 1.57 bits per heavy atom. The van der Waals surface area contributed by atoms with Crippen LogP contribution in [-0.4, -0.2) is 8.07 Å². The van der Waals surface area contributed by atoms with Crippen molar-refractivity contribution in [3.63, 3.8) is 0 Å². The first kappa shape index (κ1) is 35.7. The minimum atomic E-state index is -2.59. The number of anilines is 3. The van der Waals surface area contributed by atoms with Gasteiger partial charge in [0.25, 0.3) is 0 Å². The van der Waals surface area contributed by atoms with Gasteiger partial charge in [0, 0.05) is 22.4 Å². The van der Waals surface area contributed by atoms with Crippen molar-refractivity contribution in [2.75, 3.05) is 4.90 Å². The molecule has 0 radical (unpaired) electrons. The predicted molar refractivity (Wildman–Crippen MR) is 253 cm³/mol. The molecule has 60 heavy (non-hydrogen) atoms. The van der Waals surface area contributed by atoms with Crippen molar-refractivity contribution in [3.8, 4) is 22.3 Å². The Morgan fingerprint density at radius 1 is 0.417 bits per heavy atom. The van der Waals surface area contributed by atoms with Crippen molar-refractivity contribution < 1.29 is 0 Å². The minimum absolute atomic E-state index is 0.137. The van der Waals surface area contributed by atoms with Gasteiger partial charge in [-0.1, -0.05) is 182 Å². The van der Waals surface area contributed by atoms with Gasteiger partial charge in [0.2, 0.25) is 0 Å². The first-order valence-electron chi connectivity index (χ1n) is 22.2. The normalized spacial score (nSPS) is 22.1. The maximum atomic E-state index is 2.53. The van der Waals surface area contributed by atoms with E-state index in [1.165, 1.54) is 92.2 Å². The van der Waals surface area contributed by atoms with Gasteiger partial charge < -0.3 is 4.90 Å². The van der Waals surface area contributed by atoms with Crippen LogP contribution < -0.4 is 25.6 Å². The summed E-state index contributed by atoms with van der Waals surface area (Å²) in [5.74, 6) is 3.27. The Hall–Kier alpha value is -6.22. The van der Waals surface area contributed by atoms with Crippen LogP contribution in [0, 0.1) is 23.7 Å². The molecule has 8 aromatic rings. The summed E-state index contributed by atoms with van der Waals surface area (Å²) in [7, 11) is -2.59. The fraction of sp³-hybridized carbons (Fsp3) is 0.172. The molecule has 12 rings (SSSR count). The van der Waals surface area contributed by atoms with E-state index in [1.54, 1.807) is 11.1 Å². The van der Waals surface area contributed by atoms with Gasteiger partial charge in [-0.3, -0.25) is 0 Å². The van der Waals surface area contributed by atoms with Crippen LogP contribution in [0.15, 0.2) is 212 Å². The molecule has 0 amide bonds. The number of hydrogen-bond donors (Lipinski definition) is 0. The zero-order valence-corrected chi connectivity index (χ0v) is 35.0. The zero-order chi connectivity index (χ0) is 39.7. The summed E-state index contributed by atoms with van der Waals surface area (Å²) in [5.41, 5.74) is 12.4. The molecule has 290 valence electrons. The Bertz CT molecular complexity index is 2700. The Labute approximate surface area is 356 Å². The van der Waals surface area contributed by atoms with Gasteiger partial charge in [-0.2, -0.15) is 0 Å². The molecule has 1 nitrogen and oxygen atoms in total. The van der Waals surface area contributed by atoms with Gasteiger partial charge in [-0.25, -0.2) is 0 Å². The van der Waals surface area contributed by atoms with E-state index >= 15 is 0 Å². The second-order valence-electron chi connectivity index (χ2n) is 18.0. The standard InChI is InChI=1S/C58H49NSi/c1-5-16-46(17-6-1)59(56-27-15-26-54-57(56)52-24-13-14-25-53(52)58(54)45-33-28-44-38-41(39-45)40-55(44)58)47-34-29-42(30-35-47)43-31-36-51(37-32-43)60(48-18-7-2-8-19-48,49-20-9-3-10-21-49)50-22-11-4-12-23-50/h1-27,29-32,34-37,41,44-45,55H,28,33,38-40H2/t41-,44?,45-,55+,58?/m0/s1. The number of fused-ring (bicyclic) bond motifs is 4. The summed E-state index contributed by atoms with van der Waals surface area (Å²) >= 11 is 0. The monoisotopic (exact) mass is 787 g/mol. The second kappa shape index (κ2) is 14.2. The third kappa shape index (κ3) is 5.23. The third-order valence-corrected chi connectivity index (χ3v) is 20.1. The van der Waals surface area contributed by atoms with E-state index in [0.29, 0.717) is 0 Å². The maximum absolute atomic E-state index is 2.59. The van der Waals surface area contributed by atoms with Gasteiger partial charge in [-0.15, -0.1) is 0 Å². The van der Waals surface area contributed by atoms with E-state index < -0.39 is 8.07 Å². The van der Waals surface area contributed by atoms with E-state index in [9.17, 15) is 0 Å². The molecule has 4 aliphatic rings. The van der Waals surface area contributed by atoms with Crippen molar-refractivity contribution in [2.24, 2.45) is 23.7 Å². The van der Waals surface area contributed by atoms with Crippen LogP contribution in [0.2, 0.25) is 0 Å². The van der Waals surface area contributed by atoms with Crippen LogP contribution in [0.3, 0.4) is 0 Å². The van der Waals surface area contributed by atoms with Crippen LogP contribution in [0.5, 0.6) is 0 Å². The lowest BCUT2D eigenvalue weighted by Gasteiger charge is -2.52. The highest BCUT2D eigenvalue weighted by molar-refractivity contribution is 7.19. The van der Waals surface area contributed by atoms with Crippen LogP contribution in [-0.2, 0) is 5.41 Å². The molecule has 3 fully saturated rings. The zero-order valence-electron chi connectivity index (χ0n) is 34.0. The molecule has 8 aromatic carbocycles. The van der Waals surface area contributed by atoms with E-state index in [-0.39, 0.29) is 5.41 Å². The second-order valence-corrected chi connectivity index (χ2v) is 21.8. The molecule has 0 aliphatic heterocycles. The summed E-state index contributed by atoms with van der Waals surface area (Å²) in [6.45, 7) is 0. The van der Waals surface area contributed by atoms with Crippen LogP contribution in [0.4, 0.5) is 17.1 Å².